The lowest BCUT2D eigenvalue weighted by Gasteiger charge is -2.14. The average molecular weight is 329 g/mol. The molecule has 4 nitrogen and oxygen atoms in total. The number of hydrogen-bond acceptors (Lipinski definition) is 3. The van der Waals surface area contributed by atoms with E-state index in [1.807, 2.05) is 19.9 Å². The second-order valence-corrected chi connectivity index (χ2v) is 4.66. The zero-order valence-corrected chi connectivity index (χ0v) is 12.8. The van der Waals surface area contributed by atoms with Gasteiger partial charge in [-0.05, 0) is 48.3 Å². The third kappa shape index (κ3) is 4.28. The first kappa shape index (κ1) is 15.6. The van der Waals surface area contributed by atoms with Crippen LogP contribution in [-0.4, -0.2) is 24.3 Å². The molecule has 1 rings (SSSR count). The van der Waals surface area contributed by atoms with Crippen molar-refractivity contribution in [1.82, 2.24) is 0 Å². The number of hydrogen-bond donors (Lipinski definition) is 1. The van der Waals surface area contributed by atoms with E-state index < -0.39 is 5.97 Å². The van der Waals surface area contributed by atoms with Crippen molar-refractivity contribution in [3.05, 3.63) is 28.2 Å². The largest absolute Gasteiger partial charge is 0.493 e. The Bertz CT molecular complexity index is 494. The Morgan fingerprint density at radius 3 is 2.37 bits per heavy atom. The van der Waals surface area contributed by atoms with E-state index in [1.165, 1.54) is 0 Å². The zero-order chi connectivity index (χ0) is 14.4. The minimum Gasteiger partial charge on any atom is -0.493 e. The lowest BCUT2D eigenvalue weighted by molar-refractivity contribution is -0.131. The molecule has 0 aliphatic carbocycles. The monoisotopic (exact) mass is 328 g/mol. The van der Waals surface area contributed by atoms with Crippen LogP contribution in [0.5, 0.6) is 11.5 Å². The molecule has 104 valence electrons. The molecule has 1 aromatic rings. The summed E-state index contributed by atoms with van der Waals surface area (Å²) in [5.74, 6) is 0.312. The number of carboxylic acid groups (broad SMARTS) is 1. The fourth-order valence-electron chi connectivity index (χ4n) is 1.65. The highest BCUT2D eigenvalue weighted by Crippen LogP contribution is 2.36. The number of carbonyl (C=O) groups is 1. The van der Waals surface area contributed by atoms with E-state index in [0.717, 1.165) is 16.1 Å². The summed E-state index contributed by atoms with van der Waals surface area (Å²) in [6.45, 7) is 6.56. The van der Waals surface area contributed by atoms with Gasteiger partial charge in [0.2, 0.25) is 0 Å². The van der Waals surface area contributed by atoms with Crippen molar-refractivity contribution in [2.75, 3.05) is 13.2 Å². The van der Waals surface area contributed by atoms with Crippen LogP contribution >= 0.6 is 15.9 Å². The first-order valence-electron chi connectivity index (χ1n) is 6.00. The molecule has 0 saturated heterocycles. The predicted molar refractivity (Wildman–Crippen MR) is 77.8 cm³/mol. The van der Waals surface area contributed by atoms with E-state index in [2.05, 4.69) is 15.9 Å². The topological polar surface area (TPSA) is 55.8 Å². The maximum Gasteiger partial charge on any atom is 0.328 e. The highest BCUT2D eigenvalue weighted by Gasteiger charge is 2.12. The van der Waals surface area contributed by atoms with Crippen LogP contribution < -0.4 is 9.47 Å². The van der Waals surface area contributed by atoms with Gasteiger partial charge in [0.15, 0.2) is 0 Å². The fraction of sp³-hybridized carbons (Fsp3) is 0.357. The van der Waals surface area contributed by atoms with Gasteiger partial charge in [0, 0.05) is 17.7 Å². The maximum atomic E-state index is 10.8. The van der Waals surface area contributed by atoms with E-state index >= 15 is 0 Å². The SMILES string of the molecule is CCOc1cc(OCC)c(/C(C)=C/C(=O)O)cc1Br. The highest BCUT2D eigenvalue weighted by atomic mass is 79.9. The molecular formula is C14H17BrO4. The van der Waals surface area contributed by atoms with Gasteiger partial charge >= 0.3 is 5.97 Å². The van der Waals surface area contributed by atoms with Crippen LogP contribution in [0.2, 0.25) is 0 Å². The molecule has 0 amide bonds. The van der Waals surface area contributed by atoms with Crippen molar-refractivity contribution in [2.24, 2.45) is 0 Å². The second-order valence-electron chi connectivity index (χ2n) is 3.81. The number of rotatable bonds is 6. The number of aliphatic carboxylic acids is 1. The van der Waals surface area contributed by atoms with Crippen LogP contribution in [0.3, 0.4) is 0 Å². The van der Waals surface area contributed by atoms with Crippen molar-refractivity contribution < 1.29 is 19.4 Å². The highest BCUT2D eigenvalue weighted by molar-refractivity contribution is 9.10. The number of benzene rings is 1. The second kappa shape index (κ2) is 7.19. The van der Waals surface area contributed by atoms with Gasteiger partial charge in [0.05, 0.1) is 17.7 Å². The summed E-state index contributed by atoms with van der Waals surface area (Å²) >= 11 is 3.41. The Kier molecular flexibility index (Phi) is 5.89. The molecule has 0 fully saturated rings. The third-order valence-corrected chi connectivity index (χ3v) is 3.02. The van der Waals surface area contributed by atoms with Crippen LogP contribution in [0.1, 0.15) is 26.3 Å². The van der Waals surface area contributed by atoms with Gasteiger partial charge in [0.1, 0.15) is 11.5 Å². The van der Waals surface area contributed by atoms with Gasteiger partial charge in [-0.1, -0.05) is 0 Å². The summed E-state index contributed by atoms with van der Waals surface area (Å²) in [4.78, 5) is 10.8. The van der Waals surface area contributed by atoms with Crippen molar-refractivity contribution >= 4 is 27.5 Å². The Balaban J connectivity index is 3.29. The van der Waals surface area contributed by atoms with Gasteiger partial charge in [0.25, 0.3) is 0 Å². The van der Waals surface area contributed by atoms with E-state index in [-0.39, 0.29) is 0 Å². The molecule has 0 unspecified atom stereocenters. The molecule has 0 aliphatic heterocycles. The predicted octanol–water partition coefficient (Wildman–Crippen LogP) is 3.73. The van der Waals surface area contributed by atoms with Crippen molar-refractivity contribution in [3.8, 4) is 11.5 Å². The lowest BCUT2D eigenvalue weighted by atomic mass is 10.1. The van der Waals surface area contributed by atoms with Crippen molar-refractivity contribution in [2.45, 2.75) is 20.8 Å². The summed E-state index contributed by atoms with van der Waals surface area (Å²) < 4.78 is 11.8. The molecule has 1 aromatic carbocycles. The summed E-state index contributed by atoms with van der Waals surface area (Å²) in [6.07, 6.45) is 1.16. The Labute approximate surface area is 121 Å². The molecule has 0 aromatic heterocycles. The van der Waals surface area contributed by atoms with Gasteiger partial charge in [-0.25, -0.2) is 4.79 Å². The Hall–Kier alpha value is -1.49. The molecule has 0 bridgehead atoms. The van der Waals surface area contributed by atoms with Crippen LogP contribution in [0.25, 0.3) is 5.57 Å². The average Bonchev–Trinajstić information content (AvgIpc) is 2.32. The zero-order valence-electron chi connectivity index (χ0n) is 11.2. The van der Waals surface area contributed by atoms with Crippen LogP contribution in [-0.2, 0) is 4.79 Å². The molecule has 19 heavy (non-hydrogen) atoms. The molecular weight excluding hydrogens is 312 g/mol. The van der Waals surface area contributed by atoms with E-state index in [4.69, 9.17) is 14.6 Å². The van der Waals surface area contributed by atoms with Crippen LogP contribution in [0.15, 0.2) is 22.7 Å². The molecule has 0 saturated carbocycles. The van der Waals surface area contributed by atoms with Crippen LogP contribution in [0, 0.1) is 0 Å². The number of ether oxygens (including phenoxy) is 2. The Morgan fingerprint density at radius 1 is 1.26 bits per heavy atom. The fourth-order valence-corrected chi connectivity index (χ4v) is 2.10. The first-order valence-corrected chi connectivity index (χ1v) is 6.79. The molecule has 0 spiro atoms. The van der Waals surface area contributed by atoms with E-state index in [1.54, 1.807) is 13.0 Å². The van der Waals surface area contributed by atoms with Crippen LogP contribution in [0.4, 0.5) is 0 Å². The van der Waals surface area contributed by atoms with Gasteiger partial charge in [-0.3, -0.25) is 0 Å². The summed E-state index contributed by atoms with van der Waals surface area (Å²) in [6, 6.07) is 3.58. The minimum absolute atomic E-state index is 0.501. The summed E-state index contributed by atoms with van der Waals surface area (Å²) in [5.41, 5.74) is 1.36. The number of halogens is 1. The van der Waals surface area contributed by atoms with Gasteiger partial charge in [-0.15, -0.1) is 0 Å². The third-order valence-electron chi connectivity index (χ3n) is 2.40. The molecule has 0 atom stereocenters. The number of carboxylic acids is 1. The van der Waals surface area contributed by atoms with Gasteiger partial charge in [-0.2, -0.15) is 0 Å². The minimum atomic E-state index is -0.982. The summed E-state index contributed by atoms with van der Waals surface area (Å²) in [5, 5.41) is 8.82. The van der Waals surface area contributed by atoms with Crippen molar-refractivity contribution in [3.63, 3.8) is 0 Å². The molecule has 5 heteroatoms. The first-order chi connectivity index (χ1) is 8.99. The maximum absolute atomic E-state index is 10.8. The molecule has 0 heterocycles. The van der Waals surface area contributed by atoms with E-state index in [9.17, 15) is 4.79 Å². The molecule has 0 radical (unpaired) electrons. The van der Waals surface area contributed by atoms with Gasteiger partial charge < -0.3 is 14.6 Å². The normalized spacial score (nSPS) is 11.3. The molecule has 0 aliphatic rings. The Morgan fingerprint density at radius 2 is 1.84 bits per heavy atom. The standard InChI is InChI=1S/C14H17BrO4/c1-4-18-12-8-13(19-5-2)11(15)7-10(12)9(3)6-14(16)17/h6-8H,4-5H2,1-3H3,(H,16,17)/b9-6+. The lowest BCUT2D eigenvalue weighted by Crippen LogP contribution is -2.00. The van der Waals surface area contributed by atoms with Crippen molar-refractivity contribution in [1.29, 1.82) is 0 Å². The smallest absolute Gasteiger partial charge is 0.328 e. The summed E-state index contributed by atoms with van der Waals surface area (Å²) in [7, 11) is 0. The molecule has 1 N–H and O–H groups in total. The quantitative estimate of drug-likeness (QED) is 0.808. The number of allylic oxidation sites excluding steroid dienone is 1. The van der Waals surface area contributed by atoms with E-state index in [0.29, 0.717) is 30.3 Å².